The number of Topliss-reactive ketones (excluding diaryl/α,β-unsaturated/α-hetero) is 1. The highest BCUT2D eigenvalue weighted by molar-refractivity contribution is 6.23. The van der Waals surface area contributed by atoms with E-state index < -0.39 is 4.92 Å². The molecule has 0 heterocycles. The fourth-order valence-corrected chi connectivity index (χ4v) is 2.92. The molecule has 7 nitrogen and oxygen atoms in total. The summed E-state index contributed by atoms with van der Waals surface area (Å²) in [7, 11) is 0. The van der Waals surface area contributed by atoms with E-state index in [1.54, 1.807) is 19.1 Å². The van der Waals surface area contributed by atoms with Crippen LogP contribution in [0.1, 0.15) is 51.0 Å². The molecule has 0 saturated heterocycles. The van der Waals surface area contributed by atoms with Gasteiger partial charge in [-0.1, -0.05) is 30.6 Å². The molecule has 2 rings (SSSR count). The summed E-state index contributed by atoms with van der Waals surface area (Å²) in [5.74, 6) is -0.377. The maximum atomic E-state index is 12.6. The van der Waals surface area contributed by atoms with E-state index >= 15 is 0 Å². The standard InChI is InChI=1S/C18H22N2O5/c1-3-5-15(19-25-4-2)18-16(21)10-13(11-17(18)22)12-6-8-14(9-7-12)20(23)24/h6-9,13,21H,3-5,10-11H2,1-2H3/b19-15-. The van der Waals surface area contributed by atoms with Crippen LogP contribution in [0.4, 0.5) is 5.69 Å². The van der Waals surface area contributed by atoms with Gasteiger partial charge in [-0.3, -0.25) is 14.9 Å². The Balaban J connectivity index is 2.26. The van der Waals surface area contributed by atoms with Gasteiger partial charge in [-0.25, -0.2) is 0 Å². The summed E-state index contributed by atoms with van der Waals surface area (Å²) in [6.07, 6.45) is 1.86. The van der Waals surface area contributed by atoms with E-state index in [0.29, 0.717) is 25.2 Å². The molecular weight excluding hydrogens is 324 g/mol. The smallest absolute Gasteiger partial charge is 0.269 e. The summed E-state index contributed by atoms with van der Waals surface area (Å²) in [4.78, 5) is 27.9. The molecule has 1 aromatic carbocycles. The second-order valence-corrected chi connectivity index (χ2v) is 5.90. The van der Waals surface area contributed by atoms with Gasteiger partial charge in [0.05, 0.1) is 16.2 Å². The first-order chi connectivity index (χ1) is 12.0. The van der Waals surface area contributed by atoms with Crippen LogP contribution in [-0.2, 0) is 9.63 Å². The van der Waals surface area contributed by atoms with Crippen LogP contribution in [0, 0.1) is 10.1 Å². The van der Waals surface area contributed by atoms with E-state index in [4.69, 9.17) is 4.84 Å². The molecule has 1 aliphatic rings. The van der Waals surface area contributed by atoms with E-state index in [2.05, 4.69) is 5.16 Å². The average molecular weight is 346 g/mol. The van der Waals surface area contributed by atoms with Gasteiger partial charge in [-0.2, -0.15) is 0 Å². The number of allylic oxidation sites excluding steroid dienone is 2. The van der Waals surface area contributed by atoms with Crippen LogP contribution in [-0.4, -0.2) is 28.1 Å². The van der Waals surface area contributed by atoms with Crippen LogP contribution >= 0.6 is 0 Å². The van der Waals surface area contributed by atoms with Crippen molar-refractivity contribution in [3.8, 4) is 0 Å². The van der Waals surface area contributed by atoms with Crippen molar-refractivity contribution in [2.75, 3.05) is 6.61 Å². The number of rotatable bonds is 7. The van der Waals surface area contributed by atoms with E-state index in [-0.39, 0.29) is 35.1 Å². The first-order valence-corrected chi connectivity index (χ1v) is 8.36. The van der Waals surface area contributed by atoms with Crippen molar-refractivity contribution in [1.82, 2.24) is 0 Å². The van der Waals surface area contributed by atoms with Crippen molar-refractivity contribution in [1.29, 1.82) is 0 Å². The van der Waals surface area contributed by atoms with Gasteiger partial charge >= 0.3 is 0 Å². The number of ketones is 1. The highest BCUT2D eigenvalue weighted by Gasteiger charge is 2.31. The van der Waals surface area contributed by atoms with Crippen molar-refractivity contribution in [2.24, 2.45) is 5.16 Å². The maximum absolute atomic E-state index is 12.6. The molecule has 0 radical (unpaired) electrons. The predicted octanol–water partition coefficient (Wildman–Crippen LogP) is 4.05. The number of aliphatic hydroxyl groups is 1. The van der Waals surface area contributed by atoms with Gasteiger partial charge in [0.1, 0.15) is 12.4 Å². The van der Waals surface area contributed by atoms with E-state index in [1.165, 1.54) is 12.1 Å². The summed E-state index contributed by atoms with van der Waals surface area (Å²) < 4.78 is 0. The molecule has 0 spiro atoms. The third kappa shape index (κ3) is 4.43. The Kier molecular flexibility index (Phi) is 6.27. The number of hydrogen-bond donors (Lipinski definition) is 1. The van der Waals surface area contributed by atoms with Crippen LogP contribution in [0.5, 0.6) is 0 Å². The Labute approximate surface area is 146 Å². The van der Waals surface area contributed by atoms with Crippen LogP contribution in [0.2, 0.25) is 0 Å². The van der Waals surface area contributed by atoms with Crippen molar-refractivity contribution in [3.63, 3.8) is 0 Å². The van der Waals surface area contributed by atoms with Crippen molar-refractivity contribution < 1.29 is 19.7 Å². The number of oxime groups is 1. The molecule has 0 bridgehead atoms. The lowest BCUT2D eigenvalue weighted by Crippen LogP contribution is -2.24. The Morgan fingerprint density at radius 1 is 1.32 bits per heavy atom. The minimum absolute atomic E-state index is 0.000388. The molecular formula is C18H22N2O5. The second-order valence-electron chi connectivity index (χ2n) is 5.90. The van der Waals surface area contributed by atoms with Gasteiger partial charge in [0, 0.05) is 25.0 Å². The molecule has 134 valence electrons. The quantitative estimate of drug-likeness (QED) is 0.456. The molecule has 1 aliphatic carbocycles. The van der Waals surface area contributed by atoms with E-state index in [1.807, 2.05) is 6.92 Å². The van der Waals surface area contributed by atoms with Crippen molar-refractivity contribution in [3.05, 3.63) is 51.3 Å². The Morgan fingerprint density at radius 3 is 2.52 bits per heavy atom. The normalized spacial score (nSPS) is 18.4. The van der Waals surface area contributed by atoms with Gasteiger partial charge < -0.3 is 9.94 Å². The van der Waals surface area contributed by atoms with Gasteiger partial charge in [-0.15, -0.1) is 0 Å². The molecule has 1 atom stereocenters. The van der Waals surface area contributed by atoms with E-state index in [0.717, 1.165) is 12.0 Å². The molecule has 1 aromatic rings. The molecule has 0 aromatic heterocycles. The summed E-state index contributed by atoms with van der Waals surface area (Å²) in [5.41, 5.74) is 1.53. The minimum atomic E-state index is -0.466. The lowest BCUT2D eigenvalue weighted by Gasteiger charge is -2.24. The van der Waals surface area contributed by atoms with E-state index in [9.17, 15) is 20.0 Å². The van der Waals surface area contributed by atoms with Crippen molar-refractivity contribution >= 4 is 17.2 Å². The molecule has 0 amide bonds. The molecule has 0 saturated carbocycles. The summed E-state index contributed by atoms with van der Waals surface area (Å²) in [6.45, 7) is 4.15. The van der Waals surface area contributed by atoms with Gasteiger partial charge in [0.15, 0.2) is 5.78 Å². The summed E-state index contributed by atoms with van der Waals surface area (Å²) in [5, 5.41) is 25.2. The number of non-ortho nitro benzene ring substituents is 1. The Bertz CT molecular complexity index is 707. The van der Waals surface area contributed by atoms with Gasteiger partial charge in [0.2, 0.25) is 0 Å². The Morgan fingerprint density at radius 2 is 2.00 bits per heavy atom. The van der Waals surface area contributed by atoms with Crippen LogP contribution in [0.3, 0.4) is 0 Å². The summed E-state index contributed by atoms with van der Waals surface area (Å²) in [6, 6.07) is 6.09. The lowest BCUT2D eigenvalue weighted by molar-refractivity contribution is -0.384. The number of hydrogen-bond acceptors (Lipinski definition) is 6. The average Bonchev–Trinajstić information content (AvgIpc) is 2.59. The largest absolute Gasteiger partial charge is 0.511 e. The molecule has 1 N–H and O–H groups in total. The number of nitro groups is 1. The zero-order valence-corrected chi connectivity index (χ0v) is 14.4. The zero-order valence-electron chi connectivity index (χ0n) is 14.4. The Hall–Kier alpha value is -2.70. The molecule has 7 heteroatoms. The fraction of sp³-hybridized carbons (Fsp3) is 0.444. The molecule has 0 aliphatic heterocycles. The third-order valence-corrected chi connectivity index (χ3v) is 4.09. The topological polar surface area (TPSA) is 102 Å². The van der Waals surface area contributed by atoms with Crippen LogP contribution < -0.4 is 0 Å². The number of nitrogens with zero attached hydrogens (tertiary/aromatic N) is 2. The number of carbonyl (C=O) groups excluding carboxylic acids is 1. The van der Waals surface area contributed by atoms with Gasteiger partial charge in [0.25, 0.3) is 5.69 Å². The zero-order chi connectivity index (χ0) is 18.4. The van der Waals surface area contributed by atoms with Gasteiger partial charge in [-0.05, 0) is 24.8 Å². The highest BCUT2D eigenvalue weighted by atomic mass is 16.6. The van der Waals surface area contributed by atoms with Crippen LogP contribution in [0.25, 0.3) is 0 Å². The number of nitro benzene ring substituents is 1. The number of carbonyl (C=O) groups is 1. The third-order valence-electron chi connectivity index (χ3n) is 4.09. The predicted molar refractivity (Wildman–Crippen MR) is 93.7 cm³/mol. The summed E-state index contributed by atoms with van der Waals surface area (Å²) >= 11 is 0. The first kappa shape index (κ1) is 18.6. The molecule has 1 unspecified atom stereocenters. The molecule has 0 fully saturated rings. The number of benzene rings is 1. The van der Waals surface area contributed by atoms with Crippen molar-refractivity contribution in [2.45, 2.75) is 45.4 Å². The minimum Gasteiger partial charge on any atom is -0.511 e. The van der Waals surface area contributed by atoms with Crippen LogP contribution in [0.15, 0.2) is 40.8 Å². The fourth-order valence-electron chi connectivity index (χ4n) is 2.92. The maximum Gasteiger partial charge on any atom is 0.269 e. The number of aliphatic hydroxyl groups excluding tert-OH is 1. The monoisotopic (exact) mass is 346 g/mol. The first-order valence-electron chi connectivity index (χ1n) is 8.36. The molecule has 25 heavy (non-hydrogen) atoms. The highest BCUT2D eigenvalue weighted by Crippen LogP contribution is 2.35. The lowest BCUT2D eigenvalue weighted by atomic mass is 9.81. The second kappa shape index (κ2) is 8.41. The SMILES string of the molecule is CCC/C(=N/OCC)C1=C(O)CC(c2ccc([N+](=O)[O-])cc2)CC1=O.